The van der Waals surface area contributed by atoms with E-state index in [-0.39, 0.29) is 24.6 Å². The van der Waals surface area contributed by atoms with Crippen LogP contribution in [0.15, 0.2) is 18.2 Å². The molecule has 0 aliphatic rings. The fourth-order valence-electron chi connectivity index (χ4n) is 1.65. The number of rotatable bonds is 5. The molecular formula is C15H21F3N2O3. The van der Waals surface area contributed by atoms with Gasteiger partial charge in [-0.05, 0) is 45.4 Å². The molecule has 0 heterocycles. The van der Waals surface area contributed by atoms with Crippen LogP contribution in [0.5, 0.6) is 5.75 Å². The van der Waals surface area contributed by atoms with Gasteiger partial charge in [0.1, 0.15) is 11.4 Å². The summed E-state index contributed by atoms with van der Waals surface area (Å²) in [6, 6.07) is 3.34. The van der Waals surface area contributed by atoms with E-state index < -0.39 is 23.4 Å². The van der Waals surface area contributed by atoms with Crippen LogP contribution in [0.4, 0.5) is 23.7 Å². The first kappa shape index (κ1) is 18.9. The number of nitrogen functional groups attached to an aromatic ring is 1. The molecule has 0 aliphatic heterocycles. The summed E-state index contributed by atoms with van der Waals surface area (Å²) >= 11 is 0. The maximum absolute atomic E-state index is 12.9. The Kier molecular flexibility index (Phi) is 6.12. The number of hydrogen-bond acceptors (Lipinski definition) is 4. The maximum atomic E-state index is 12.9. The van der Waals surface area contributed by atoms with Gasteiger partial charge in [0, 0.05) is 12.2 Å². The number of amides is 1. The molecule has 130 valence electrons. The van der Waals surface area contributed by atoms with E-state index in [2.05, 4.69) is 5.32 Å². The van der Waals surface area contributed by atoms with E-state index in [4.69, 9.17) is 15.2 Å². The van der Waals surface area contributed by atoms with Crippen LogP contribution < -0.4 is 15.8 Å². The Morgan fingerprint density at radius 3 is 2.48 bits per heavy atom. The van der Waals surface area contributed by atoms with Gasteiger partial charge in [-0.15, -0.1) is 0 Å². The highest BCUT2D eigenvalue weighted by Crippen LogP contribution is 2.37. The number of anilines is 1. The molecule has 0 aliphatic carbocycles. The van der Waals surface area contributed by atoms with Crippen molar-refractivity contribution in [3.8, 4) is 5.75 Å². The zero-order valence-electron chi connectivity index (χ0n) is 13.3. The van der Waals surface area contributed by atoms with E-state index in [0.29, 0.717) is 6.42 Å². The summed E-state index contributed by atoms with van der Waals surface area (Å²) in [6.07, 6.45) is -4.79. The highest BCUT2D eigenvalue weighted by molar-refractivity contribution is 5.67. The summed E-state index contributed by atoms with van der Waals surface area (Å²) < 4.78 is 48.7. The molecule has 0 atom stereocenters. The molecule has 0 fully saturated rings. The molecule has 0 radical (unpaired) electrons. The molecule has 0 saturated heterocycles. The summed E-state index contributed by atoms with van der Waals surface area (Å²) in [7, 11) is 0. The fraction of sp³-hybridized carbons (Fsp3) is 0.533. The lowest BCUT2D eigenvalue weighted by Crippen LogP contribution is -2.33. The van der Waals surface area contributed by atoms with Crippen LogP contribution in [0, 0.1) is 0 Å². The van der Waals surface area contributed by atoms with E-state index in [9.17, 15) is 18.0 Å². The van der Waals surface area contributed by atoms with Crippen LogP contribution in [-0.4, -0.2) is 24.8 Å². The van der Waals surface area contributed by atoms with Crippen LogP contribution in [0.25, 0.3) is 0 Å². The number of carbonyl (C=O) groups excluding carboxylic acids is 1. The van der Waals surface area contributed by atoms with Gasteiger partial charge in [-0.1, -0.05) is 0 Å². The second-order valence-corrected chi connectivity index (χ2v) is 5.88. The van der Waals surface area contributed by atoms with Crippen molar-refractivity contribution >= 4 is 11.8 Å². The normalized spacial score (nSPS) is 11.9. The Morgan fingerprint density at radius 1 is 1.26 bits per heavy atom. The molecule has 3 N–H and O–H groups in total. The van der Waals surface area contributed by atoms with Crippen molar-refractivity contribution in [1.29, 1.82) is 0 Å². The van der Waals surface area contributed by atoms with Crippen molar-refractivity contribution in [1.82, 2.24) is 5.32 Å². The lowest BCUT2D eigenvalue weighted by atomic mass is 10.1. The number of nitrogens with two attached hydrogens (primary N) is 1. The first-order valence-corrected chi connectivity index (χ1v) is 7.05. The smallest absolute Gasteiger partial charge is 0.420 e. The summed E-state index contributed by atoms with van der Waals surface area (Å²) in [5.74, 6) is -0.288. The number of carbonyl (C=O) groups is 1. The molecule has 0 spiro atoms. The van der Waals surface area contributed by atoms with Gasteiger partial charge in [0.05, 0.1) is 12.2 Å². The van der Waals surface area contributed by atoms with Crippen molar-refractivity contribution in [2.24, 2.45) is 0 Å². The van der Waals surface area contributed by atoms with Crippen molar-refractivity contribution in [3.63, 3.8) is 0 Å². The van der Waals surface area contributed by atoms with Crippen LogP contribution in [-0.2, 0) is 10.9 Å². The SMILES string of the molecule is CC(C)(C)OC(=O)NCCCOc1ccc(N)cc1C(F)(F)F. The predicted octanol–water partition coefficient (Wildman–Crippen LogP) is 3.58. The van der Waals surface area contributed by atoms with Crippen LogP contribution in [0.2, 0.25) is 0 Å². The lowest BCUT2D eigenvalue weighted by molar-refractivity contribution is -0.138. The standard InChI is InChI=1S/C15H21F3N2O3/c1-14(2,3)23-13(21)20-7-4-8-22-12-6-5-10(19)9-11(12)15(16,17)18/h5-6,9H,4,7-8,19H2,1-3H3,(H,20,21). The van der Waals surface area contributed by atoms with Gasteiger partial charge >= 0.3 is 12.3 Å². The topological polar surface area (TPSA) is 73.6 Å². The zero-order chi connectivity index (χ0) is 17.7. The Labute approximate surface area is 132 Å². The lowest BCUT2D eigenvalue weighted by Gasteiger charge is -2.19. The molecule has 1 rings (SSSR count). The van der Waals surface area contributed by atoms with Gasteiger partial charge in [0.2, 0.25) is 0 Å². The quantitative estimate of drug-likeness (QED) is 0.637. The Morgan fingerprint density at radius 2 is 1.91 bits per heavy atom. The highest BCUT2D eigenvalue weighted by Gasteiger charge is 2.34. The number of nitrogens with one attached hydrogen (secondary N) is 1. The molecule has 1 amide bonds. The average Bonchev–Trinajstić information content (AvgIpc) is 2.36. The number of hydrogen-bond donors (Lipinski definition) is 2. The van der Waals surface area contributed by atoms with Gasteiger partial charge in [-0.25, -0.2) is 4.79 Å². The first-order chi connectivity index (χ1) is 10.5. The second-order valence-electron chi connectivity index (χ2n) is 5.88. The minimum absolute atomic E-state index is 0.0104. The molecule has 8 heteroatoms. The Balaban J connectivity index is 2.44. The highest BCUT2D eigenvalue weighted by atomic mass is 19.4. The molecular weight excluding hydrogens is 313 g/mol. The van der Waals surface area contributed by atoms with Crippen molar-refractivity contribution in [2.75, 3.05) is 18.9 Å². The largest absolute Gasteiger partial charge is 0.493 e. The number of benzene rings is 1. The van der Waals surface area contributed by atoms with E-state index in [1.54, 1.807) is 20.8 Å². The van der Waals surface area contributed by atoms with Crippen LogP contribution >= 0.6 is 0 Å². The number of halogens is 3. The Hall–Kier alpha value is -2.12. The third-order valence-electron chi connectivity index (χ3n) is 2.56. The van der Waals surface area contributed by atoms with E-state index in [0.717, 1.165) is 6.07 Å². The molecule has 0 bridgehead atoms. The van der Waals surface area contributed by atoms with Gasteiger partial charge in [0.15, 0.2) is 0 Å². The minimum Gasteiger partial charge on any atom is -0.493 e. The summed E-state index contributed by atoms with van der Waals surface area (Å²) in [5, 5.41) is 2.50. The Bertz CT molecular complexity index is 540. The molecule has 0 saturated carbocycles. The van der Waals surface area contributed by atoms with Gasteiger partial charge < -0.3 is 20.5 Å². The summed E-state index contributed by atoms with van der Waals surface area (Å²) in [5.41, 5.74) is 3.85. The third kappa shape index (κ3) is 7.12. The van der Waals surface area contributed by atoms with Gasteiger partial charge in [-0.3, -0.25) is 0 Å². The van der Waals surface area contributed by atoms with E-state index in [1.807, 2.05) is 0 Å². The van der Waals surface area contributed by atoms with E-state index in [1.165, 1.54) is 12.1 Å². The van der Waals surface area contributed by atoms with Gasteiger partial charge in [0.25, 0.3) is 0 Å². The van der Waals surface area contributed by atoms with Crippen LogP contribution in [0.3, 0.4) is 0 Å². The van der Waals surface area contributed by atoms with E-state index >= 15 is 0 Å². The molecule has 23 heavy (non-hydrogen) atoms. The summed E-state index contributed by atoms with van der Waals surface area (Å²) in [6.45, 7) is 5.44. The average molecular weight is 334 g/mol. The van der Waals surface area contributed by atoms with Gasteiger partial charge in [-0.2, -0.15) is 13.2 Å². The number of alkyl halides is 3. The predicted molar refractivity (Wildman–Crippen MR) is 80.2 cm³/mol. The molecule has 5 nitrogen and oxygen atoms in total. The maximum Gasteiger partial charge on any atom is 0.420 e. The number of alkyl carbamates (subject to hydrolysis) is 1. The zero-order valence-corrected chi connectivity index (χ0v) is 13.3. The fourth-order valence-corrected chi connectivity index (χ4v) is 1.65. The summed E-state index contributed by atoms with van der Waals surface area (Å²) in [4.78, 5) is 11.4. The monoisotopic (exact) mass is 334 g/mol. The molecule has 0 aromatic heterocycles. The first-order valence-electron chi connectivity index (χ1n) is 7.05. The molecule has 0 unspecified atom stereocenters. The van der Waals surface area contributed by atoms with Crippen molar-refractivity contribution in [2.45, 2.75) is 39.0 Å². The third-order valence-corrected chi connectivity index (χ3v) is 2.56. The van der Waals surface area contributed by atoms with Crippen molar-refractivity contribution < 1.29 is 27.4 Å². The molecule has 1 aromatic rings. The minimum atomic E-state index is -4.54. The van der Waals surface area contributed by atoms with Crippen LogP contribution in [0.1, 0.15) is 32.8 Å². The number of ether oxygens (including phenoxy) is 2. The van der Waals surface area contributed by atoms with Crippen molar-refractivity contribution in [3.05, 3.63) is 23.8 Å². The second kappa shape index (κ2) is 7.43. The molecule has 1 aromatic carbocycles.